The van der Waals surface area contributed by atoms with Gasteiger partial charge in [0.05, 0.1) is 14.2 Å². The highest BCUT2D eigenvalue weighted by Crippen LogP contribution is 2.27. The first kappa shape index (κ1) is 19.2. The Kier molecular flexibility index (Phi) is 8.19. The maximum atomic E-state index is 12.0. The molecule has 0 fully saturated rings. The van der Waals surface area contributed by atoms with E-state index in [2.05, 4.69) is 17.4 Å². The van der Waals surface area contributed by atoms with Crippen molar-refractivity contribution in [2.24, 2.45) is 0 Å². The molecular formula is C20H25NO3S. The van der Waals surface area contributed by atoms with Gasteiger partial charge in [-0.3, -0.25) is 4.79 Å². The Morgan fingerprint density at radius 1 is 1.00 bits per heavy atom. The van der Waals surface area contributed by atoms with Crippen LogP contribution in [0, 0.1) is 0 Å². The summed E-state index contributed by atoms with van der Waals surface area (Å²) < 4.78 is 10.5. The summed E-state index contributed by atoms with van der Waals surface area (Å²) >= 11 is 1.83. The number of thioether (sulfide) groups is 1. The van der Waals surface area contributed by atoms with E-state index in [1.54, 1.807) is 14.2 Å². The van der Waals surface area contributed by atoms with Gasteiger partial charge in [0.15, 0.2) is 11.5 Å². The molecule has 2 aromatic carbocycles. The van der Waals surface area contributed by atoms with Crippen molar-refractivity contribution in [2.45, 2.75) is 18.6 Å². The van der Waals surface area contributed by atoms with Gasteiger partial charge in [-0.25, -0.2) is 0 Å². The normalized spacial score (nSPS) is 10.3. The first-order valence-electron chi connectivity index (χ1n) is 8.32. The molecule has 1 amide bonds. The number of methoxy groups -OCH3 is 2. The molecule has 2 aromatic rings. The van der Waals surface area contributed by atoms with E-state index in [9.17, 15) is 4.79 Å². The molecule has 0 aliphatic heterocycles. The molecule has 0 saturated heterocycles. The lowest BCUT2D eigenvalue weighted by Crippen LogP contribution is -2.25. The molecule has 4 nitrogen and oxygen atoms in total. The minimum atomic E-state index is 0.0788. The van der Waals surface area contributed by atoms with Gasteiger partial charge in [0.1, 0.15) is 0 Å². The summed E-state index contributed by atoms with van der Waals surface area (Å²) in [6.07, 6.45) is 1.15. The fraction of sp³-hybridized carbons (Fsp3) is 0.350. The van der Waals surface area contributed by atoms with Crippen LogP contribution in [0.15, 0.2) is 48.5 Å². The molecule has 25 heavy (non-hydrogen) atoms. The maximum Gasteiger partial charge on any atom is 0.220 e. The van der Waals surface area contributed by atoms with E-state index in [0.717, 1.165) is 17.1 Å². The minimum absolute atomic E-state index is 0.0788. The molecule has 0 unspecified atom stereocenters. The molecule has 1 N–H and O–H groups in total. The van der Waals surface area contributed by atoms with E-state index in [-0.39, 0.29) is 5.91 Å². The summed E-state index contributed by atoms with van der Waals surface area (Å²) in [5.41, 5.74) is 2.37. The Labute approximate surface area is 153 Å². The number of hydrogen-bond acceptors (Lipinski definition) is 4. The van der Waals surface area contributed by atoms with Gasteiger partial charge >= 0.3 is 0 Å². The number of hydrogen-bond donors (Lipinski definition) is 1. The Hall–Kier alpha value is -2.14. The highest BCUT2D eigenvalue weighted by Gasteiger charge is 2.07. The van der Waals surface area contributed by atoms with Gasteiger partial charge in [0, 0.05) is 24.5 Å². The Bertz CT molecular complexity index is 661. The Morgan fingerprint density at radius 3 is 2.48 bits per heavy atom. The van der Waals surface area contributed by atoms with Crippen LogP contribution in [-0.4, -0.2) is 32.4 Å². The van der Waals surface area contributed by atoms with Crippen LogP contribution < -0.4 is 14.8 Å². The fourth-order valence-corrected chi connectivity index (χ4v) is 3.23. The van der Waals surface area contributed by atoms with E-state index >= 15 is 0 Å². The summed E-state index contributed by atoms with van der Waals surface area (Å²) in [6.45, 7) is 0.697. The van der Waals surface area contributed by atoms with Crippen LogP contribution in [-0.2, 0) is 17.0 Å². The summed E-state index contributed by atoms with van der Waals surface area (Å²) in [5, 5.41) is 2.97. The smallest absolute Gasteiger partial charge is 0.220 e. The van der Waals surface area contributed by atoms with Crippen LogP contribution in [0.4, 0.5) is 0 Å². The van der Waals surface area contributed by atoms with Gasteiger partial charge in [-0.1, -0.05) is 36.4 Å². The molecule has 134 valence electrons. The topological polar surface area (TPSA) is 47.6 Å². The van der Waals surface area contributed by atoms with Crippen LogP contribution >= 0.6 is 11.8 Å². The molecule has 0 heterocycles. The largest absolute Gasteiger partial charge is 0.493 e. The van der Waals surface area contributed by atoms with Crippen LogP contribution in [0.5, 0.6) is 11.5 Å². The van der Waals surface area contributed by atoms with Crippen molar-refractivity contribution in [3.8, 4) is 11.5 Å². The third-order valence-corrected chi connectivity index (χ3v) is 4.80. The quantitative estimate of drug-likeness (QED) is 0.657. The fourth-order valence-electron chi connectivity index (χ4n) is 2.41. The highest BCUT2D eigenvalue weighted by atomic mass is 32.2. The van der Waals surface area contributed by atoms with Gasteiger partial charge in [0.25, 0.3) is 0 Å². The van der Waals surface area contributed by atoms with Crippen LogP contribution in [0.1, 0.15) is 17.5 Å². The van der Waals surface area contributed by atoms with Crippen LogP contribution in [0.25, 0.3) is 0 Å². The van der Waals surface area contributed by atoms with E-state index in [1.807, 2.05) is 48.2 Å². The van der Waals surface area contributed by atoms with Crippen molar-refractivity contribution >= 4 is 17.7 Å². The van der Waals surface area contributed by atoms with E-state index in [4.69, 9.17) is 9.47 Å². The number of benzene rings is 2. The maximum absolute atomic E-state index is 12.0. The average molecular weight is 359 g/mol. The number of carbonyl (C=O) groups is 1. The third-order valence-electron chi connectivity index (χ3n) is 3.77. The summed E-state index contributed by atoms with van der Waals surface area (Å²) in [5.74, 6) is 3.36. The zero-order valence-corrected chi connectivity index (χ0v) is 15.6. The SMILES string of the molecule is COc1ccc(CCC(=O)NCCSCc2ccccc2)cc1OC. The molecule has 5 heteroatoms. The highest BCUT2D eigenvalue weighted by molar-refractivity contribution is 7.98. The Balaban J connectivity index is 1.64. The zero-order chi connectivity index (χ0) is 17.9. The number of carbonyl (C=O) groups excluding carboxylic acids is 1. The standard InChI is InChI=1S/C20H25NO3S/c1-23-18-10-8-16(14-19(18)24-2)9-11-20(22)21-12-13-25-15-17-6-4-3-5-7-17/h3-8,10,14H,9,11-13,15H2,1-2H3,(H,21,22). The Morgan fingerprint density at radius 2 is 1.76 bits per heavy atom. The second-order valence-electron chi connectivity index (χ2n) is 5.58. The summed E-state index contributed by atoms with van der Waals surface area (Å²) in [7, 11) is 3.22. The van der Waals surface area contributed by atoms with Crippen molar-refractivity contribution in [3.63, 3.8) is 0 Å². The second kappa shape index (κ2) is 10.7. The second-order valence-corrected chi connectivity index (χ2v) is 6.68. The molecule has 0 aromatic heterocycles. The van der Waals surface area contributed by atoms with Crippen molar-refractivity contribution < 1.29 is 14.3 Å². The lowest BCUT2D eigenvalue weighted by molar-refractivity contribution is -0.120. The average Bonchev–Trinajstić information content (AvgIpc) is 2.66. The molecule has 0 bridgehead atoms. The molecule has 0 atom stereocenters. The summed E-state index contributed by atoms with van der Waals surface area (Å²) in [4.78, 5) is 12.0. The van der Waals surface area contributed by atoms with Gasteiger partial charge < -0.3 is 14.8 Å². The third kappa shape index (κ3) is 6.70. The number of amides is 1. The van der Waals surface area contributed by atoms with Gasteiger partial charge in [-0.15, -0.1) is 0 Å². The molecular weight excluding hydrogens is 334 g/mol. The van der Waals surface area contributed by atoms with Crippen molar-refractivity contribution in [3.05, 3.63) is 59.7 Å². The van der Waals surface area contributed by atoms with E-state index < -0.39 is 0 Å². The monoisotopic (exact) mass is 359 g/mol. The molecule has 0 saturated carbocycles. The lowest BCUT2D eigenvalue weighted by Gasteiger charge is -2.10. The van der Waals surface area contributed by atoms with E-state index in [0.29, 0.717) is 30.9 Å². The molecule has 0 spiro atoms. The predicted molar refractivity (Wildman–Crippen MR) is 103 cm³/mol. The summed E-state index contributed by atoms with van der Waals surface area (Å²) in [6, 6.07) is 16.1. The molecule has 0 aliphatic carbocycles. The predicted octanol–water partition coefficient (Wildman–Crippen LogP) is 3.69. The van der Waals surface area contributed by atoms with Crippen LogP contribution in [0.3, 0.4) is 0 Å². The zero-order valence-electron chi connectivity index (χ0n) is 14.8. The van der Waals surface area contributed by atoms with Crippen molar-refractivity contribution in [2.75, 3.05) is 26.5 Å². The molecule has 2 rings (SSSR count). The first-order chi connectivity index (χ1) is 12.2. The van der Waals surface area contributed by atoms with Crippen molar-refractivity contribution in [1.29, 1.82) is 0 Å². The number of aryl methyl sites for hydroxylation is 1. The first-order valence-corrected chi connectivity index (χ1v) is 9.47. The molecule has 0 aliphatic rings. The van der Waals surface area contributed by atoms with Crippen molar-refractivity contribution in [1.82, 2.24) is 5.32 Å². The van der Waals surface area contributed by atoms with Gasteiger partial charge in [-0.2, -0.15) is 11.8 Å². The number of nitrogens with one attached hydrogen (secondary N) is 1. The lowest BCUT2D eigenvalue weighted by atomic mass is 10.1. The molecule has 0 radical (unpaired) electrons. The van der Waals surface area contributed by atoms with Crippen LogP contribution in [0.2, 0.25) is 0 Å². The van der Waals surface area contributed by atoms with Gasteiger partial charge in [0.2, 0.25) is 5.91 Å². The number of rotatable bonds is 10. The van der Waals surface area contributed by atoms with E-state index in [1.165, 1.54) is 5.56 Å². The minimum Gasteiger partial charge on any atom is -0.493 e. The van der Waals surface area contributed by atoms with Gasteiger partial charge in [-0.05, 0) is 29.7 Å². The number of ether oxygens (including phenoxy) is 2.